The molecule has 140 valence electrons. The minimum atomic E-state index is -0.506. The van der Waals surface area contributed by atoms with Gasteiger partial charge in [0.25, 0.3) is 0 Å². The molecule has 0 aromatic heterocycles. The van der Waals surface area contributed by atoms with E-state index in [1.165, 1.54) is 0 Å². The molecule has 1 saturated carbocycles. The van der Waals surface area contributed by atoms with Crippen LogP contribution in [0.2, 0.25) is 10.0 Å². The van der Waals surface area contributed by atoms with E-state index in [0.29, 0.717) is 29.0 Å². The van der Waals surface area contributed by atoms with Crippen molar-refractivity contribution >= 4 is 23.2 Å². The summed E-state index contributed by atoms with van der Waals surface area (Å²) in [6, 6.07) is 13.3. The van der Waals surface area contributed by atoms with E-state index < -0.39 is 5.54 Å². The Labute approximate surface area is 163 Å². The van der Waals surface area contributed by atoms with Crippen molar-refractivity contribution in [1.82, 2.24) is 0 Å². The monoisotopic (exact) mass is 395 g/mol. The largest absolute Gasteiger partial charge is 0.490 e. The highest BCUT2D eigenvalue weighted by Crippen LogP contribution is 2.43. The maximum Gasteiger partial charge on any atom is 0.156 e. The van der Waals surface area contributed by atoms with E-state index in [9.17, 15) is 5.11 Å². The number of rotatable bonds is 7. The fraction of sp³-hybridized carbons (Fsp3) is 0.400. The Hall–Kier alpha value is -1.46. The number of nitrogens with two attached hydrogens (primary N) is 1. The number of ether oxygens (including phenoxy) is 2. The van der Waals surface area contributed by atoms with Crippen LogP contribution in [0.15, 0.2) is 42.5 Å². The summed E-state index contributed by atoms with van der Waals surface area (Å²) in [6.07, 6.45) is 2.43. The fourth-order valence-corrected chi connectivity index (χ4v) is 3.97. The smallest absolute Gasteiger partial charge is 0.156 e. The molecule has 26 heavy (non-hydrogen) atoms. The Morgan fingerprint density at radius 2 is 1.73 bits per heavy atom. The summed E-state index contributed by atoms with van der Waals surface area (Å²) in [5, 5.41) is 10.4. The summed E-state index contributed by atoms with van der Waals surface area (Å²) < 4.78 is 11.3. The van der Waals surface area contributed by atoms with E-state index in [-0.39, 0.29) is 12.5 Å². The van der Waals surface area contributed by atoms with Crippen molar-refractivity contribution in [2.45, 2.75) is 30.7 Å². The molecule has 3 rings (SSSR count). The lowest BCUT2D eigenvalue weighted by Crippen LogP contribution is -2.40. The third kappa shape index (κ3) is 4.63. The van der Waals surface area contributed by atoms with Gasteiger partial charge in [0.15, 0.2) is 5.75 Å². The first-order valence-electron chi connectivity index (χ1n) is 8.70. The van der Waals surface area contributed by atoms with Gasteiger partial charge >= 0.3 is 0 Å². The molecule has 0 heterocycles. The van der Waals surface area contributed by atoms with Gasteiger partial charge in [-0.3, -0.25) is 0 Å². The summed E-state index contributed by atoms with van der Waals surface area (Å²) in [6.45, 7) is 0.731. The zero-order valence-electron chi connectivity index (χ0n) is 14.5. The van der Waals surface area contributed by atoms with Gasteiger partial charge in [-0.05, 0) is 55.0 Å². The number of halogens is 2. The van der Waals surface area contributed by atoms with Crippen LogP contribution in [0, 0.1) is 0 Å². The van der Waals surface area contributed by atoms with Crippen molar-refractivity contribution in [1.29, 1.82) is 0 Å². The first-order chi connectivity index (χ1) is 12.5. The molecule has 0 saturated heterocycles. The van der Waals surface area contributed by atoms with Crippen LogP contribution in [0.5, 0.6) is 11.5 Å². The molecule has 0 radical (unpaired) electrons. The van der Waals surface area contributed by atoms with Crippen LogP contribution in [0.4, 0.5) is 0 Å². The Kier molecular flexibility index (Phi) is 6.30. The van der Waals surface area contributed by atoms with E-state index >= 15 is 0 Å². The topological polar surface area (TPSA) is 64.7 Å². The van der Waals surface area contributed by atoms with Crippen molar-refractivity contribution in [2.24, 2.45) is 5.73 Å². The van der Waals surface area contributed by atoms with E-state index in [1.807, 2.05) is 42.5 Å². The standard InChI is InChI=1S/C20H23Cl2NO3/c21-17-10-15(14-6-7-20(23,12-14)13-24)11-18(22)19(17)26-9-8-25-16-4-2-1-3-5-16/h1-5,10-11,14,24H,6-9,12-13,23H2/t14-,20+/m0/s1. The van der Waals surface area contributed by atoms with Gasteiger partial charge in [0.2, 0.25) is 0 Å². The van der Waals surface area contributed by atoms with Crippen molar-refractivity contribution in [3.63, 3.8) is 0 Å². The molecule has 0 aliphatic heterocycles. The number of para-hydroxylation sites is 1. The van der Waals surface area contributed by atoms with Gasteiger partial charge in [-0.25, -0.2) is 0 Å². The summed E-state index contributed by atoms with van der Waals surface area (Å²) >= 11 is 12.8. The van der Waals surface area contributed by atoms with E-state index in [1.54, 1.807) is 0 Å². The highest BCUT2D eigenvalue weighted by molar-refractivity contribution is 6.37. The average Bonchev–Trinajstić information content (AvgIpc) is 3.04. The van der Waals surface area contributed by atoms with Crippen molar-refractivity contribution in [3.05, 3.63) is 58.1 Å². The van der Waals surface area contributed by atoms with Crippen LogP contribution in [0.25, 0.3) is 0 Å². The molecule has 2 aromatic rings. The third-order valence-corrected chi connectivity index (χ3v) is 5.35. The number of hydrogen-bond acceptors (Lipinski definition) is 4. The second-order valence-corrected chi connectivity index (χ2v) is 7.60. The van der Waals surface area contributed by atoms with E-state index in [2.05, 4.69) is 0 Å². The normalized spacial score (nSPS) is 22.4. The molecule has 2 atom stereocenters. The van der Waals surface area contributed by atoms with Gasteiger partial charge in [-0.15, -0.1) is 0 Å². The molecular weight excluding hydrogens is 373 g/mol. The van der Waals surface area contributed by atoms with Gasteiger partial charge in [0.05, 0.1) is 16.7 Å². The van der Waals surface area contributed by atoms with Crippen molar-refractivity contribution in [2.75, 3.05) is 19.8 Å². The Bertz CT molecular complexity index is 718. The first kappa shape index (κ1) is 19.3. The Morgan fingerprint density at radius 1 is 1.08 bits per heavy atom. The Balaban J connectivity index is 1.59. The number of hydrogen-bond donors (Lipinski definition) is 2. The first-order valence-corrected chi connectivity index (χ1v) is 9.46. The molecular formula is C20H23Cl2NO3. The predicted molar refractivity (Wildman–Crippen MR) is 104 cm³/mol. The molecule has 0 unspecified atom stereocenters. The highest BCUT2D eigenvalue weighted by Gasteiger charge is 2.36. The molecule has 1 fully saturated rings. The third-order valence-electron chi connectivity index (χ3n) is 4.79. The lowest BCUT2D eigenvalue weighted by atomic mass is 9.93. The molecule has 1 aliphatic rings. The lowest BCUT2D eigenvalue weighted by molar-refractivity contribution is 0.198. The molecule has 0 bridgehead atoms. The maximum absolute atomic E-state index is 9.44. The summed E-state index contributed by atoms with van der Waals surface area (Å²) in [4.78, 5) is 0. The van der Waals surface area contributed by atoms with Crippen molar-refractivity contribution in [3.8, 4) is 11.5 Å². The molecule has 2 aromatic carbocycles. The highest BCUT2D eigenvalue weighted by atomic mass is 35.5. The maximum atomic E-state index is 9.44. The van der Waals surface area contributed by atoms with Gasteiger partial charge in [0, 0.05) is 5.54 Å². The van der Waals surface area contributed by atoms with Crippen LogP contribution < -0.4 is 15.2 Å². The van der Waals surface area contributed by atoms with Crippen LogP contribution in [0.1, 0.15) is 30.7 Å². The minimum absolute atomic E-state index is 0.00638. The number of aliphatic hydroxyl groups is 1. The van der Waals surface area contributed by atoms with Gasteiger partial charge in [-0.2, -0.15) is 0 Å². The van der Waals surface area contributed by atoms with Gasteiger partial charge in [0.1, 0.15) is 19.0 Å². The Morgan fingerprint density at radius 3 is 2.35 bits per heavy atom. The SMILES string of the molecule is N[C@]1(CO)CC[C@H](c2cc(Cl)c(OCCOc3ccccc3)c(Cl)c2)C1. The number of aliphatic hydroxyl groups excluding tert-OH is 1. The van der Waals surface area contributed by atoms with Crippen LogP contribution >= 0.6 is 23.2 Å². The molecule has 0 amide bonds. The van der Waals surface area contributed by atoms with Gasteiger partial charge in [-0.1, -0.05) is 41.4 Å². The predicted octanol–water partition coefficient (Wildman–Crippen LogP) is 4.41. The van der Waals surface area contributed by atoms with Gasteiger partial charge < -0.3 is 20.3 Å². The summed E-state index contributed by atoms with van der Waals surface area (Å²) in [7, 11) is 0. The molecule has 1 aliphatic carbocycles. The summed E-state index contributed by atoms with van der Waals surface area (Å²) in [5.41, 5.74) is 6.70. The molecule has 0 spiro atoms. The zero-order chi connectivity index (χ0) is 18.6. The quantitative estimate of drug-likeness (QED) is 0.681. The van der Waals surface area contributed by atoms with Crippen LogP contribution in [0.3, 0.4) is 0 Å². The minimum Gasteiger partial charge on any atom is -0.490 e. The van der Waals surface area contributed by atoms with Crippen LogP contribution in [-0.4, -0.2) is 30.5 Å². The lowest BCUT2D eigenvalue weighted by Gasteiger charge is -2.21. The van der Waals surface area contributed by atoms with E-state index in [0.717, 1.165) is 30.6 Å². The fourth-order valence-electron chi connectivity index (χ4n) is 3.36. The van der Waals surface area contributed by atoms with Crippen molar-refractivity contribution < 1.29 is 14.6 Å². The molecule has 4 nitrogen and oxygen atoms in total. The van der Waals surface area contributed by atoms with E-state index in [4.69, 9.17) is 38.4 Å². The second kappa shape index (κ2) is 8.49. The molecule has 3 N–H and O–H groups in total. The average molecular weight is 396 g/mol. The zero-order valence-corrected chi connectivity index (χ0v) is 16.0. The van der Waals surface area contributed by atoms with Crippen LogP contribution in [-0.2, 0) is 0 Å². The summed E-state index contributed by atoms with van der Waals surface area (Å²) in [5.74, 6) is 1.50. The molecule has 6 heteroatoms. The number of benzene rings is 2. The second-order valence-electron chi connectivity index (χ2n) is 6.78.